The van der Waals surface area contributed by atoms with Crippen molar-refractivity contribution in [2.45, 2.75) is 4.90 Å². The molecule has 150 valence electrons. The summed E-state index contributed by atoms with van der Waals surface area (Å²) in [5, 5.41) is 0.569. The molecule has 0 bridgehead atoms. The van der Waals surface area contributed by atoms with Crippen molar-refractivity contribution in [2.75, 3.05) is 18.0 Å². The molecule has 6 nitrogen and oxygen atoms in total. The van der Waals surface area contributed by atoms with Crippen LogP contribution in [0.15, 0.2) is 83.8 Å². The zero-order valence-electron chi connectivity index (χ0n) is 15.5. The first kappa shape index (κ1) is 20.7. The molecule has 29 heavy (non-hydrogen) atoms. The van der Waals surface area contributed by atoms with Crippen LogP contribution in [0, 0.1) is 0 Å². The van der Waals surface area contributed by atoms with Crippen LogP contribution in [0.25, 0.3) is 0 Å². The van der Waals surface area contributed by atoms with Crippen molar-refractivity contribution < 1.29 is 22.7 Å². The molecule has 0 saturated heterocycles. The molecule has 0 radical (unpaired) electrons. The highest BCUT2D eigenvalue weighted by Gasteiger charge is 2.21. The van der Waals surface area contributed by atoms with E-state index >= 15 is 0 Å². The van der Waals surface area contributed by atoms with Crippen LogP contribution >= 0.6 is 11.6 Å². The summed E-state index contributed by atoms with van der Waals surface area (Å²) in [5.74, 6) is 0.191. The molecule has 3 rings (SSSR count). The Hall–Kier alpha value is -3.03. The van der Waals surface area contributed by atoms with Gasteiger partial charge in [-0.1, -0.05) is 29.8 Å². The lowest BCUT2D eigenvalue weighted by molar-refractivity contribution is -0.136. The molecular weight excluding hydrogens is 414 g/mol. The number of sulfonamides is 1. The first-order valence-corrected chi connectivity index (χ1v) is 10.4. The molecular formula is C21H18ClNO5S. The van der Waals surface area contributed by atoms with E-state index in [1.165, 1.54) is 31.3 Å². The van der Waals surface area contributed by atoms with Gasteiger partial charge < -0.3 is 9.47 Å². The van der Waals surface area contributed by atoms with E-state index in [1.54, 1.807) is 54.6 Å². The van der Waals surface area contributed by atoms with E-state index in [1.807, 2.05) is 0 Å². The van der Waals surface area contributed by atoms with Gasteiger partial charge in [0.15, 0.2) is 6.61 Å². The van der Waals surface area contributed by atoms with Gasteiger partial charge in [0, 0.05) is 12.1 Å². The van der Waals surface area contributed by atoms with Gasteiger partial charge in [-0.05, 0) is 60.7 Å². The van der Waals surface area contributed by atoms with Crippen LogP contribution in [-0.4, -0.2) is 28.0 Å². The zero-order chi connectivity index (χ0) is 20.9. The lowest BCUT2D eigenvalue weighted by Crippen LogP contribution is -2.26. The Labute approximate surface area is 174 Å². The molecule has 0 heterocycles. The summed E-state index contributed by atoms with van der Waals surface area (Å²) in [6.45, 7) is -0.272. The molecule has 8 heteroatoms. The number of benzene rings is 3. The quantitative estimate of drug-likeness (QED) is 0.415. The largest absolute Gasteiger partial charge is 0.482 e. The molecule has 3 aromatic carbocycles. The third-order valence-corrected chi connectivity index (χ3v) is 6.06. The third-order valence-electron chi connectivity index (χ3n) is 4.00. The highest BCUT2D eigenvalue weighted by Crippen LogP contribution is 2.24. The van der Waals surface area contributed by atoms with Gasteiger partial charge >= 0.3 is 5.97 Å². The number of anilines is 1. The summed E-state index contributed by atoms with van der Waals surface area (Å²) in [6, 6.07) is 20.9. The third kappa shape index (κ3) is 5.28. The highest BCUT2D eigenvalue weighted by atomic mass is 35.5. The molecule has 0 N–H and O–H groups in total. The molecule has 0 unspecified atom stereocenters. The minimum Gasteiger partial charge on any atom is -0.482 e. The van der Waals surface area contributed by atoms with Crippen LogP contribution < -0.4 is 13.8 Å². The lowest BCUT2D eigenvalue weighted by atomic mass is 10.3. The second kappa shape index (κ2) is 8.98. The van der Waals surface area contributed by atoms with Crippen LogP contribution in [0.1, 0.15) is 0 Å². The van der Waals surface area contributed by atoms with Crippen molar-refractivity contribution in [1.82, 2.24) is 0 Å². The van der Waals surface area contributed by atoms with Crippen molar-refractivity contribution in [3.63, 3.8) is 0 Å². The fourth-order valence-electron chi connectivity index (χ4n) is 2.45. The van der Waals surface area contributed by atoms with E-state index in [0.29, 0.717) is 16.5 Å². The van der Waals surface area contributed by atoms with E-state index in [9.17, 15) is 13.2 Å². The Morgan fingerprint density at radius 1 is 0.897 bits per heavy atom. The summed E-state index contributed by atoms with van der Waals surface area (Å²) in [5.41, 5.74) is 0.436. The fraction of sp³-hybridized carbons (Fsp3) is 0.0952. The number of carbonyl (C=O) groups is 1. The van der Waals surface area contributed by atoms with E-state index in [0.717, 1.165) is 4.31 Å². The number of ether oxygens (including phenoxy) is 2. The van der Waals surface area contributed by atoms with E-state index in [4.69, 9.17) is 21.1 Å². The Balaban J connectivity index is 1.61. The summed E-state index contributed by atoms with van der Waals surface area (Å²) >= 11 is 5.79. The van der Waals surface area contributed by atoms with Gasteiger partial charge in [-0.15, -0.1) is 0 Å². The molecule has 0 aliphatic rings. The molecule has 0 fully saturated rings. The monoisotopic (exact) mass is 431 g/mol. The van der Waals surface area contributed by atoms with Gasteiger partial charge in [0.1, 0.15) is 11.5 Å². The predicted molar refractivity (Wildman–Crippen MR) is 111 cm³/mol. The van der Waals surface area contributed by atoms with E-state index < -0.39 is 16.0 Å². The summed E-state index contributed by atoms with van der Waals surface area (Å²) in [6.07, 6.45) is 0. The standard InChI is InChI=1S/C21H18ClNO5S/c1-23(29(25,26)20-5-3-2-4-6-20)17-9-13-19(14-10-17)28-21(24)15-27-18-11-7-16(22)8-12-18/h2-14H,15H2,1H3. The Morgan fingerprint density at radius 2 is 1.48 bits per heavy atom. The van der Waals surface area contributed by atoms with Crippen LogP contribution in [0.3, 0.4) is 0 Å². The summed E-state index contributed by atoms with van der Waals surface area (Å²) in [7, 11) is -2.21. The predicted octanol–water partition coefficient (Wildman–Crippen LogP) is 4.15. The lowest BCUT2D eigenvalue weighted by Gasteiger charge is -2.19. The summed E-state index contributed by atoms with van der Waals surface area (Å²) in [4.78, 5) is 12.1. The van der Waals surface area contributed by atoms with E-state index in [-0.39, 0.29) is 17.3 Å². The average molecular weight is 432 g/mol. The van der Waals surface area contributed by atoms with Gasteiger partial charge in [0.05, 0.1) is 10.6 Å². The second-order valence-corrected chi connectivity index (χ2v) is 8.40. The molecule has 0 aliphatic heterocycles. The number of halogens is 1. The number of nitrogens with zero attached hydrogens (tertiary/aromatic N) is 1. The molecule has 0 aliphatic carbocycles. The molecule has 0 amide bonds. The van der Waals surface area contributed by atoms with Crippen molar-refractivity contribution in [2.24, 2.45) is 0 Å². The maximum Gasteiger partial charge on any atom is 0.349 e. The van der Waals surface area contributed by atoms with Crippen molar-refractivity contribution >= 4 is 33.3 Å². The molecule has 0 saturated carbocycles. The van der Waals surface area contributed by atoms with Crippen LogP contribution in [-0.2, 0) is 14.8 Å². The first-order chi connectivity index (χ1) is 13.9. The SMILES string of the molecule is CN(c1ccc(OC(=O)COc2ccc(Cl)cc2)cc1)S(=O)(=O)c1ccccc1. The minimum absolute atomic E-state index is 0.192. The van der Waals surface area contributed by atoms with Gasteiger partial charge in [-0.25, -0.2) is 13.2 Å². The Morgan fingerprint density at radius 3 is 2.10 bits per heavy atom. The zero-order valence-corrected chi connectivity index (χ0v) is 17.1. The number of hydrogen-bond donors (Lipinski definition) is 0. The number of carbonyl (C=O) groups excluding carboxylic acids is 1. The first-order valence-electron chi connectivity index (χ1n) is 8.59. The fourth-order valence-corrected chi connectivity index (χ4v) is 3.79. The Bertz CT molecular complexity index is 1070. The Kier molecular flexibility index (Phi) is 6.41. The van der Waals surface area contributed by atoms with E-state index in [2.05, 4.69) is 0 Å². The average Bonchev–Trinajstić information content (AvgIpc) is 2.74. The number of hydrogen-bond acceptors (Lipinski definition) is 5. The van der Waals surface area contributed by atoms with Gasteiger partial charge in [-0.3, -0.25) is 4.31 Å². The number of rotatable bonds is 7. The van der Waals surface area contributed by atoms with Crippen molar-refractivity contribution in [3.05, 3.63) is 83.9 Å². The topological polar surface area (TPSA) is 72.9 Å². The minimum atomic E-state index is -3.67. The van der Waals surface area contributed by atoms with Crippen molar-refractivity contribution in [1.29, 1.82) is 0 Å². The molecule has 0 spiro atoms. The number of esters is 1. The highest BCUT2D eigenvalue weighted by molar-refractivity contribution is 7.92. The van der Waals surface area contributed by atoms with Crippen LogP contribution in [0.5, 0.6) is 11.5 Å². The van der Waals surface area contributed by atoms with Gasteiger partial charge in [-0.2, -0.15) is 0 Å². The smallest absolute Gasteiger partial charge is 0.349 e. The van der Waals surface area contributed by atoms with Crippen LogP contribution in [0.4, 0.5) is 5.69 Å². The molecule has 3 aromatic rings. The normalized spacial score (nSPS) is 11.0. The maximum absolute atomic E-state index is 12.7. The van der Waals surface area contributed by atoms with Gasteiger partial charge in [0.25, 0.3) is 10.0 Å². The van der Waals surface area contributed by atoms with Crippen molar-refractivity contribution in [3.8, 4) is 11.5 Å². The maximum atomic E-state index is 12.7. The molecule has 0 atom stereocenters. The summed E-state index contributed by atoms with van der Waals surface area (Å²) < 4.78 is 37.0. The molecule has 0 aromatic heterocycles. The van der Waals surface area contributed by atoms with Crippen LogP contribution in [0.2, 0.25) is 5.02 Å². The second-order valence-electron chi connectivity index (χ2n) is 6.00. The van der Waals surface area contributed by atoms with Gasteiger partial charge in [0.2, 0.25) is 0 Å².